The summed E-state index contributed by atoms with van der Waals surface area (Å²) in [5, 5.41) is 8.28. The molecular weight excluding hydrogens is 166 g/mol. The number of hydrogen-bond acceptors (Lipinski definition) is 2. The van der Waals surface area contributed by atoms with Crippen molar-refractivity contribution in [1.29, 1.82) is 0 Å². The fourth-order valence-corrected chi connectivity index (χ4v) is 0.779. The van der Waals surface area contributed by atoms with Gasteiger partial charge in [0.05, 0.1) is 0 Å². The molecule has 66 valence electrons. The molecule has 0 bridgehead atoms. The average Bonchev–Trinajstić information content (AvgIpc) is 2.14. The maximum atomic E-state index is 10.1. The van der Waals surface area contributed by atoms with E-state index in [1.807, 2.05) is 12.1 Å². The van der Waals surface area contributed by atoms with Crippen LogP contribution in [0.4, 0.5) is 0 Å². The van der Waals surface area contributed by atoms with Crippen molar-refractivity contribution in [3.8, 4) is 0 Å². The summed E-state index contributed by atoms with van der Waals surface area (Å²) in [7, 11) is 0. The number of pyridine rings is 1. The second kappa shape index (κ2) is 4.87. The number of allylic oxidation sites excluding steroid dienone is 2. The van der Waals surface area contributed by atoms with E-state index in [-0.39, 0.29) is 0 Å². The lowest BCUT2D eigenvalue weighted by molar-refractivity contribution is -0.131. The van der Waals surface area contributed by atoms with Crippen molar-refractivity contribution in [1.82, 2.24) is 4.98 Å². The molecule has 0 saturated heterocycles. The molecule has 0 aliphatic carbocycles. The van der Waals surface area contributed by atoms with Crippen LogP contribution in [0.3, 0.4) is 0 Å². The van der Waals surface area contributed by atoms with Gasteiger partial charge < -0.3 is 5.11 Å². The van der Waals surface area contributed by atoms with Gasteiger partial charge in [0.1, 0.15) is 0 Å². The zero-order chi connectivity index (χ0) is 9.52. The second-order valence-corrected chi connectivity index (χ2v) is 2.34. The highest BCUT2D eigenvalue weighted by Gasteiger charge is 1.82. The topological polar surface area (TPSA) is 50.2 Å². The highest BCUT2D eigenvalue weighted by molar-refractivity contribution is 5.80. The maximum Gasteiger partial charge on any atom is 0.328 e. The van der Waals surface area contributed by atoms with Crippen molar-refractivity contribution >= 4 is 12.0 Å². The van der Waals surface area contributed by atoms with Gasteiger partial charge in [0.15, 0.2) is 0 Å². The first-order valence-electron chi connectivity index (χ1n) is 3.77. The molecule has 0 spiro atoms. The van der Waals surface area contributed by atoms with Crippen LogP contribution in [-0.2, 0) is 4.79 Å². The van der Waals surface area contributed by atoms with Gasteiger partial charge in [0.2, 0.25) is 0 Å². The molecule has 1 aromatic rings. The van der Waals surface area contributed by atoms with Gasteiger partial charge in [-0.15, -0.1) is 0 Å². The lowest BCUT2D eigenvalue weighted by atomic mass is 10.2. The maximum absolute atomic E-state index is 10.1. The van der Waals surface area contributed by atoms with Gasteiger partial charge in [-0.2, -0.15) is 0 Å². The molecule has 1 aromatic heterocycles. The summed E-state index contributed by atoms with van der Waals surface area (Å²) >= 11 is 0. The molecule has 0 aliphatic rings. The Labute approximate surface area is 76.1 Å². The molecule has 0 atom stereocenters. The summed E-state index contributed by atoms with van der Waals surface area (Å²) in [6, 6.07) is 3.71. The van der Waals surface area contributed by atoms with Gasteiger partial charge in [-0.25, -0.2) is 4.79 Å². The summed E-state index contributed by atoms with van der Waals surface area (Å²) in [4.78, 5) is 14.0. The zero-order valence-electron chi connectivity index (χ0n) is 6.92. The molecule has 0 radical (unpaired) electrons. The Morgan fingerprint density at radius 3 is 2.92 bits per heavy atom. The van der Waals surface area contributed by atoms with Gasteiger partial charge in [0, 0.05) is 18.5 Å². The van der Waals surface area contributed by atoms with Gasteiger partial charge >= 0.3 is 5.97 Å². The summed E-state index contributed by atoms with van der Waals surface area (Å²) in [5.74, 6) is -0.948. The smallest absolute Gasteiger partial charge is 0.328 e. The van der Waals surface area contributed by atoms with Crippen LogP contribution in [0.5, 0.6) is 0 Å². The predicted octanol–water partition coefficient (Wildman–Crippen LogP) is 1.74. The molecule has 3 heteroatoms. The number of carbonyl (C=O) groups is 1. The number of carboxylic acid groups (broad SMARTS) is 1. The summed E-state index contributed by atoms with van der Waals surface area (Å²) in [6.45, 7) is 0. The fourth-order valence-electron chi connectivity index (χ4n) is 0.779. The van der Waals surface area contributed by atoms with Crippen molar-refractivity contribution in [2.24, 2.45) is 0 Å². The number of rotatable bonds is 3. The van der Waals surface area contributed by atoms with E-state index >= 15 is 0 Å². The van der Waals surface area contributed by atoms with Crippen molar-refractivity contribution in [2.45, 2.75) is 0 Å². The SMILES string of the molecule is O=C(O)C=CC=Cc1cccnc1. The summed E-state index contributed by atoms with van der Waals surface area (Å²) in [6.07, 6.45) is 9.37. The van der Waals surface area contributed by atoms with E-state index in [9.17, 15) is 4.79 Å². The number of nitrogens with zero attached hydrogens (tertiary/aromatic N) is 1. The van der Waals surface area contributed by atoms with Crippen molar-refractivity contribution in [3.05, 3.63) is 48.3 Å². The average molecular weight is 175 g/mol. The van der Waals surface area contributed by atoms with Gasteiger partial charge in [0.25, 0.3) is 0 Å². The van der Waals surface area contributed by atoms with Crippen LogP contribution >= 0.6 is 0 Å². The Kier molecular flexibility index (Phi) is 3.45. The Morgan fingerprint density at radius 2 is 2.31 bits per heavy atom. The zero-order valence-corrected chi connectivity index (χ0v) is 6.92. The molecule has 0 unspecified atom stereocenters. The Morgan fingerprint density at radius 1 is 1.46 bits per heavy atom. The molecule has 1 rings (SSSR count). The molecule has 0 aromatic carbocycles. The largest absolute Gasteiger partial charge is 0.478 e. The standard InChI is InChI=1S/C10H9NO2/c12-10(13)6-2-1-4-9-5-3-7-11-8-9/h1-8H,(H,12,13). The third-order valence-corrected chi connectivity index (χ3v) is 1.32. The first-order valence-corrected chi connectivity index (χ1v) is 3.77. The van der Waals surface area contributed by atoms with Crippen LogP contribution in [0, 0.1) is 0 Å². The molecule has 0 saturated carbocycles. The molecule has 0 fully saturated rings. The number of aliphatic carboxylic acids is 1. The molecular formula is C10H9NO2. The third kappa shape index (κ3) is 3.86. The van der Waals surface area contributed by atoms with E-state index in [0.717, 1.165) is 11.6 Å². The van der Waals surface area contributed by atoms with Crippen LogP contribution in [0.15, 0.2) is 42.8 Å². The van der Waals surface area contributed by atoms with Gasteiger partial charge in [-0.3, -0.25) is 4.98 Å². The van der Waals surface area contributed by atoms with E-state index in [0.29, 0.717) is 0 Å². The molecule has 1 heterocycles. The first kappa shape index (κ1) is 9.19. The third-order valence-electron chi connectivity index (χ3n) is 1.32. The van der Waals surface area contributed by atoms with Crippen molar-refractivity contribution in [3.63, 3.8) is 0 Å². The normalized spacial score (nSPS) is 11.1. The van der Waals surface area contributed by atoms with Crippen molar-refractivity contribution < 1.29 is 9.90 Å². The van der Waals surface area contributed by atoms with Crippen LogP contribution in [-0.4, -0.2) is 16.1 Å². The number of hydrogen-bond donors (Lipinski definition) is 1. The lowest BCUT2D eigenvalue weighted by Gasteiger charge is -1.87. The Balaban J connectivity index is 2.55. The minimum absolute atomic E-state index is 0.942. The molecule has 0 aliphatic heterocycles. The van der Waals surface area contributed by atoms with Crippen LogP contribution in [0.1, 0.15) is 5.56 Å². The van der Waals surface area contributed by atoms with Crippen LogP contribution in [0.2, 0.25) is 0 Å². The molecule has 0 amide bonds. The van der Waals surface area contributed by atoms with Gasteiger partial charge in [-0.1, -0.05) is 24.3 Å². The molecule has 13 heavy (non-hydrogen) atoms. The lowest BCUT2D eigenvalue weighted by Crippen LogP contribution is -1.84. The summed E-state index contributed by atoms with van der Waals surface area (Å²) in [5.41, 5.74) is 0.942. The van der Waals surface area contributed by atoms with E-state index in [4.69, 9.17) is 5.11 Å². The highest BCUT2D eigenvalue weighted by atomic mass is 16.4. The molecule has 1 N–H and O–H groups in total. The first-order chi connectivity index (χ1) is 6.29. The van der Waals surface area contributed by atoms with E-state index in [2.05, 4.69) is 4.98 Å². The molecule has 3 nitrogen and oxygen atoms in total. The van der Waals surface area contributed by atoms with Crippen LogP contribution in [0.25, 0.3) is 6.08 Å². The van der Waals surface area contributed by atoms with Crippen molar-refractivity contribution in [2.75, 3.05) is 0 Å². The predicted molar refractivity (Wildman–Crippen MR) is 50.0 cm³/mol. The quantitative estimate of drug-likeness (QED) is 0.562. The minimum Gasteiger partial charge on any atom is -0.478 e. The monoisotopic (exact) mass is 175 g/mol. The Bertz CT molecular complexity index is 328. The van der Waals surface area contributed by atoms with E-state index < -0.39 is 5.97 Å². The highest BCUT2D eigenvalue weighted by Crippen LogP contribution is 1.98. The second-order valence-electron chi connectivity index (χ2n) is 2.34. The minimum atomic E-state index is -0.948. The van der Waals surface area contributed by atoms with Crippen LogP contribution < -0.4 is 0 Å². The van der Waals surface area contributed by atoms with Gasteiger partial charge in [-0.05, 0) is 11.6 Å². The fraction of sp³-hybridized carbons (Fsp3) is 0. The van der Waals surface area contributed by atoms with E-state index in [1.54, 1.807) is 24.5 Å². The number of aromatic nitrogens is 1. The van der Waals surface area contributed by atoms with E-state index in [1.165, 1.54) is 6.08 Å². The Hall–Kier alpha value is -1.90. The summed E-state index contributed by atoms with van der Waals surface area (Å²) < 4.78 is 0. The number of carboxylic acids is 1.